The number of hydrogen-bond acceptors (Lipinski definition) is 7. The van der Waals surface area contributed by atoms with Gasteiger partial charge >= 0.3 is 0 Å². The minimum absolute atomic E-state index is 0.145. The number of aryl methyl sites for hydroxylation is 1. The highest BCUT2D eigenvalue weighted by atomic mass is 35.5. The van der Waals surface area contributed by atoms with Gasteiger partial charge in [-0.3, -0.25) is 14.5 Å². The Kier molecular flexibility index (Phi) is 9.56. The van der Waals surface area contributed by atoms with Crippen LogP contribution in [0.2, 0.25) is 5.02 Å². The first-order valence-corrected chi connectivity index (χ1v) is 13.3. The van der Waals surface area contributed by atoms with Gasteiger partial charge in [-0.2, -0.15) is 0 Å². The number of hydrogen-bond donors (Lipinski definition) is 0. The number of benzene rings is 3. The van der Waals surface area contributed by atoms with Crippen molar-refractivity contribution >= 4 is 40.6 Å². The van der Waals surface area contributed by atoms with Crippen LogP contribution in [0.1, 0.15) is 18.1 Å². The minimum atomic E-state index is -0.355. The van der Waals surface area contributed by atoms with Gasteiger partial charge < -0.3 is 18.9 Å². The first kappa shape index (κ1) is 27.4. The Labute approximate surface area is 231 Å². The molecule has 0 radical (unpaired) electrons. The zero-order valence-electron chi connectivity index (χ0n) is 21.1. The quantitative estimate of drug-likeness (QED) is 0.184. The fraction of sp³-hybridized carbons (Fsp3) is 0.241. The lowest BCUT2D eigenvalue weighted by Crippen LogP contribution is -2.32. The predicted octanol–water partition coefficient (Wildman–Crippen LogP) is 6.62. The smallest absolute Gasteiger partial charge is 0.293 e. The summed E-state index contributed by atoms with van der Waals surface area (Å²) in [4.78, 5) is 26.8. The van der Waals surface area contributed by atoms with Crippen LogP contribution in [-0.2, 0) is 4.79 Å². The molecule has 3 aromatic rings. The maximum atomic E-state index is 12.9. The SMILES string of the molecule is CCOc1cc(/C=C2\SC(=O)N(CCOc3ccc(Cl)cc3)C2=O)ccc1OCCOc1ccc(C)cc1. The molecule has 38 heavy (non-hydrogen) atoms. The van der Waals surface area contributed by atoms with Gasteiger partial charge in [-0.15, -0.1) is 0 Å². The molecule has 3 aromatic carbocycles. The van der Waals surface area contributed by atoms with Crippen LogP contribution in [0.4, 0.5) is 4.79 Å². The molecule has 0 aliphatic carbocycles. The van der Waals surface area contributed by atoms with Crippen LogP contribution >= 0.6 is 23.4 Å². The Balaban J connectivity index is 1.34. The first-order valence-electron chi connectivity index (χ1n) is 12.2. The summed E-state index contributed by atoms with van der Waals surface area (Å²) in [5.41, 5.74) is 1.89. The van der Waals surface area contributed by atoms with E-state index in [1.807, 2.05) is 44.2 Å². The van der Waals surface area contributed by atoms with Gasteiger partial charge in [0.05, 0.1) is 18.1 Å². The highest BCUT2D eigenvalue weighted by molar-refractivity contribution is 8.18. The maximum absolute atomic E-state index is 12.9. The minimum Gasteiger partial charge on any atom is -0.492 e. The second-order valence-electron chi connectivity index (χ2n) is 8.28. The Morgan fingerprint density at radius 1 is 0.816 bits per heavy atom. The molecular formula is C29H28ClNO6S. The Morgan fingerprint density at radius 3 is 2.18 bits per heavy atom. The van der Waals surface area contributed by atoms with Crippen LogP contribution in [0, 0.1) is 6.92 Å². The molecule has 2 amide bonds. The van der Waals surface area contributed by atoms with E-state index in [0.717, 1.165) is 23.1 Å². The zero-order chi connectivity index (χ0) is 26.9. The second kappa shape index (κ2) is 13.3. The summed E-state index contributed by atoms with van der Waals surface area (Å²) in [6, 6.07) is 20.1. The lowest BCUT2D eigenvalue weighted by atomic mass is 10.2. The monoisotopic (exact) mass is 553 g/mol. The molecule has 0 saturated carbocycles. The summed E-state index contributed by atoms with van der Waals surface area (Å²) in [7, 11) is 0. The van der Waals surface area contributed by atoms with E-state index in [2.05, 4.69) is 0 Å². The molecule has 1 fully saturated rings. The number of thioether (sulfide) groups is 1. The van der Waals surface area contributed by atoms with Crippen molar-refractivity contribution in [2.24, 2.45) is 0 Å². The molecule has 0 bridgehead atoms. The van der Waals surface area contributed by atoms with Crippen LogP contribution in [-0.4, -0.2) is 49.0 Å². The van der Waals surface area contributed by atoms with Gasteiger partial charge in [-0.1, -0.05) is 35.4 Å². The third-order valence-electron chi connectivity index (χ3n) is 5.47. The van der Waals surface area contributed by atoms with Gasteiger partial charge in [0.1, 0.15) is 31.3 Å². The number of rotatable bonds is 12. The summed E-state index contributed by atoms with van der Waals surface area (Å²) in [6.45, 7) is 5.40. The van der Waals surface area contributed by atoms with Gasteiger partial charge in [-0.05, 0) is 85.8 Å². The predicted molar refractivity (Wildman–Crippen MR) is 149 cm³/mol. The third-order valence-corrected chi connectivity index (χ3v) is 6.63. The van der Waals surface area contributed by atoms with Crippen LogP contribution in [0.3, 0.4) is 0 Å². The summed E-state index contributed by atoms with van der Waals surface area (Å²) >= 11 is 6.78. The molecule has 1 heterocycles. The summed E-state index contributed by atoms with van der Waals surface area (Å²) in [6.07, 6.45) is 1.68. The van der Waals surface area contributed by atoms with Crippen molar-refractivity contribution in [2.75, 3.05) is 33.0 Å². The fourth-order valence-electron chi connectivity index (χ4n) is 3.58. The number of imide groups is 1. The van der Waals surface area contributed by atoms with Gasteiger partial charge in [0.25, 0.3) is 11.1 Å². The Hall–Kier alpha value is -3.62. The average Bonchev–Trinajstić information content (AvgIpc) is 3.17. The number of amides is 2. The van der Waals surface area contributed by atoms with E-state index in [1.165, 1.54) is 10.5 Å². The molecule has 198 valence electrons. The molecule has 0 spiro atoms. The number of nitrogens with zero attached hydrogens (tertiary/aromatic N) is 1. The van der Waals surface area contributed by atoms with E-state index < -0.39 is 0 Å². The van der Waals surface area contributed by atoms with Crippen molar-refractivity contribution in [3.05, 3.63) is 87.8 Å². The molecule has 0 unspecified atom stereocenters. The van der Waals surface area contributed by atoms with Crippen molar-refractivity contribution < 1.29 is 28.5 Å². The highest BCUT2D eigenvalue weighted by Crippen LogP contribution is 2.34. The number of carbonyl (C=O) groups excluding carboxylic acids is 2. The summed E-state index contributed by atoms with van der Waals surface area (Å²) in [5, 5.41) is 0.271. The highest BCUT2D eigenvalue weighted by Gasteiger charge is 2.34. The van der Waals surface area contributed by atoms with Crippen molar-refractivity contribution in [3.8, 4) is 23.0 Å². The van der Waals surface area contributed by atoms with E-state index in [9.17, 15) is 9.59 Å². The number of carbonyl (C=O) groups is 2. The Bertz CT molecular complexity index is 1290. The first-order chi connectivity index (χ1) is 18.4. The molecule has 9 heteroatoms. The maximum Gasteiger partial charge on any atom is 0.293 e. The third kappa shape index (κ3) is 7.46. The standard InChI is InChI=1S/C29H28ClNO6S/c1-3-34-26-18-21(6-13-25(26)37-17-16-36-23-9-4-20(2)5-10-23)19-27-28(32)31(29(33)38-27)14-15-35-24-11-7-22(30)8-12-24/h4-13,18-19H,3,14-17H2,1-2H3/b27-19-. The van der Waals surface area contributed by atoms with Crippen LogP contribution in [0.5, 0.6) is 23.0 Å². The molecule has 0 N–H and O–H groups in total. The van der Waals surface area contributed by atoms with Gasteiger partial charge in [0.2, 0.25) is 0 Å². The van der Waals surface area contributed by atoms with E-state index >= 15 is 0 Å². The zero-order valence-corrected chi connectivity index (χ0v) is 22.7. The molecular weight excluding hydrogens is 526 g/mol. The molecule has 1 saturated heterocycles. The van der Waals surface area contributed by atoms with Crippen molar-refractivity contribution in [2.45, 2.75) is 13.8 Å². The van der Waals surface area contributed by atoms with E-state index in [0.29, 0.717) is 47.0 Å². The van der Waals surface area contributed by atoms with E-state index in [-0.39, 0.29) is 24.3 Å². The Morgan fingerprint density at radius 2 is 1.47 bits per heavy atom. The van der Waals surface area contributed by atoms with Crippen molar-refractivity contribution in [3.63, 3.8) is 0 Å². The average molecular weight is 554 g/mol. The van der Waals surface area contributed by atoms with Crippen LogP contribution in [0.25, 0.3) is 6.08 Å². The van der Waals surface area contributed by atoms with Gasteiger partial charge in [0.15, 0.2) is 11.5 Å². The second-order valence-corrected chi connectivity index (χ2v) is 9.71. The van der Waals surface area contributed by atoms with Crippen LogP contribution < -0.4 is 18.9 Å². The topological polar surface area (TPSA) is 74.3 Å². The molecule has 4 rings (SSSR count). The number of ether oxygens (including phenoxy) is 4. The van der Waals surface area contributed by atoms with Gasteiger partial charge in [0, 0.05) is 5.02 Å². The molecule has 0 aromatic heterocycles. The lowest BCUT2D eigenvalue weighted by molar-refractivity contribution is -0.123. The summed E-state index contributed by atoms with van der Waals surface area (Å²) < 4.78 is 23.0. The fourth-order valence-corrected chi connectivity index (χ4v) is 4.57. The molecule has 7 nitrogen and oxygen atoms in total. The summed E-state index contributed by atoms with van der Waals surface area (Å²) in [5.74, 6) is 2.16. The molecule has 0 atom stereocenters. The van der Waals surface area contributed by atoms with Crippen molar-refractivity contribution in [1.29, 1.82) is 0 Å². The molecule has 1 aliphatic rings. The molecule has 1 aliphatic heterocycles. The van der Waals surface area contributed by atoms with Crippen LogP contribution in [0.15, 0.2) is 71.6 Å². The van der Waals surface area contributed by atoms with Gasteiger partial charge in [-0.25, -0.2) is 0 Å². The lowest BCUT2D eigenvalue weighted by Gasteiger charge is -2.14. The normalized spacial score (nSPS) is 14.2. The van der Waals surface area contributed by atoms with E-state index in [4.69, 9.17) is 30.5 Å². The van der Waals surface area contributed by atoms with Crippen molar-refractivity contribution in [1.82, 2.24) is 4.90 Å². The number of halogens is 1. The largest absolute Gasteiger partial charge is 0.492 e. The van der Waals surface area contributed by atoms with E-state index in [1.54, 1.807) is 42.5 Å².